The molecule has 6 heteroatoms. The van der Waals surface area contributed by atoms with Gasteiger partial charge < -0.3 is 10.3 Å². The summed E-state index contributed by atoms with van der Waals surface area (Å²) in [6.45, 7) is 5.99. The fourth-order valence-electron chi connectivity index (χ4n) is 2.67. The van der Waals surface area contributed by atoms with Gasteiger partial charge in [0.25, 0.3) is 0 Å². The third kappa shape index (κ3) is 4.61. The number of nitrogens with one attached hydrogen (secondary N) is 3. The van der Waals surface area contributed by atoms with E-state index in [1.54, 1.807) is 12.4 Å². The monoisotopic (exact) mass is 360 g/mol. The molecule has 0 atom stereocenters. The lowest BCUT2D eigenvalue weighted by Crippen LogP contribution is -2.20. The van der Waals surface area contributed by atoms with Crippen molar-refractivity contribution in [3.63, 3.8) is 0 Å². The molecule has 6 nitrogen and oxygen atoms in total. The highest BCUT2D eigenvalue weighted by Crippen LogP contribution is 2.19. The molecule has 0 fully saturated rings. The predicted molar refractivity (Wildman–Crippen MR) is 114 cm³/mol. The van der Waals surface area contributed by atoms with Crippen molar-refractivity contribution >= 4 is 33.7 Å². The molecule has 0 spiro atoms. The van der Waals surface area contributed by atoms with Gasteiger partial charge in [0.2, 0.25) is 0 Å². The first-order chi connectivity index (χ1) is 13.2. The number of amidine groups is 1. The number of fused-ring (bicyclic) bond motifs is 1. The van der Waals surface area contributed by atoms with Crippen molar-refractivity contribution in [1.29, 1.82) is 0 Å². The fraction of sp³-hybridized carbons (Fsp3) is 0.190. The number of rotatable bonds is 6. The largest absolute Gasteiger partial charge is 0.361 e. The summed E-state index contributed by atoms with van der Waals surface area (Å²) in [6, 6.07) is 8.20. The number of H-pyrrole nitrogens is 2. The Kier molecular flexibility index (Phi) is 5.99. The van der Waals surface area contributed by atoms with Crippen molar-refractivity contribution in [2.24, 2.45) is 9.98 Å². The van der Waals surface area contributed by atoms with Crippen molar-refractivity contribution in [2.75, 3.05) is 5.32 Å². The van der Waals surface area contributed by atoms with E-state index in [-0.39, 0.29) is 0 Å². The van der Waals surface area contributed by atoms with E-state index in [1.807, 2.05) is 56.7 Å². The minimum absolute atomic E-state index is 0.710. The maximum Gasteiger partial charge on any atom is 0.151 e. The molecule has 0 saturated heterocycles. The Labute approximate surface area is 158 Å². The van der Waals surface area contributed by atoms with Gasteiger partial charge in [0.15, 0.2) is 5.84 Å². The van der Waals surface area contributed by atoms with Gasteiger partial charge in [-0.2, -0.15) is 5.10 Å². The summed E-state index contributed by atoms with van der Waals surface area (Å²) in [5.41, 5.74) is 5.04. The third-order valence-electron chi connectivity index (χ3n) is 4.18. The molecule has 3 rings (SSSR count). The zero-order chi connectivity index (χ0) is 19.1. The lowest BCUT2D eigenvalue weighted by Gasteiger charge is -2.09. The molecule has 1 aromatic carbocycles. The fourth-order valence-corrected chi connectivity index (χ4v) is 2.67. The number of aliphatic imine (C=N–C) groups is 2. The maximum absolute atomic E-state index is 4.63. The van der Waals surface area contributed by atoms with Crippen LogP contribution >= 0.6 is 0 Å². The second-order valence-corrected chi connectivity index (χ2v) is 6.07. The highest BCUT2D eigenvalue weighted by atomic mass is 15.1. The average molecular weight is 360 g/mol. The Morgan fingerprint density at radius 3 is 2.89 bits per heavy atom. The number of anilines is 1. The van der Waals surface area contributed by atoms with E-state index in [0.29, 0.717) is 5.84 Å². The van der Waals surface area contributed by atoms with Crippen molar-refractivity contribution in [3.05, 3.63) is 66.9 Å². The van der Waals surface area contributed by atoms with E-state index in [4.69, 9.17) is 0 Å². The number of aromatic nitrogens is 3. The number of nitrogens with zero attached hydrogens (tertiary/aromatic N) is 3. The average Bonchev–Trinajstić information content (AvgIpc) is 3.37. The SMILES string of the molecule is C/C=C\N=C(Nc1ccc2[nH]ccc2c1)C(C)=N/C=C(\CC)c1cn[nH]c1. The first-order valence-electron chi connectivity index (χ1n) is 8.97. The summed E-state index contributed by atoms with van der Waals surface area (Å²) < 4.78 is 0. The third-order valence-corrected chi connectivity index (χ3v) is 4.18. The summed E-state index contributed by atoms with van der Waals surface area (Å²) >= 11 is 0. The number of allylic oxidation sites excluding steroid dienone is 2. The minimum Gasteiger partial charge on any atom is -0.361 e. The van der Waals surface area contributed by atoms with Gasteiger partial charge in [-0.1, -0.05) is 13.0 Å². The van der Waals surface area contributed by atoms with Crippen LogP contribution in [0.15, 0.2) is 71.3 Å². The molecule has 0 bridgehead atoms. The first-order valence-corrected chi connectivity index (χ1v) is 8.97. The predicted octanol–water partition coefficient (Wildman–Crippen LogP) is 5.15. The lowest BCUT2D eigenvalue weighted by molar-refractivity contribution is 1.09. The van der Waals surface area contributed by atoms with Crippen LogP contribution in [0.25, 0.3) is 16.5 Å². The molecule has 3 N–H and O–H groups in total. The van der Waals surface area contributed by atoms with Gasteiger partial charge >= 0.3 is 0 Å². The molecule has 0 unspecified atom stereocenters. The van der Waals surface area contributed by atoms with Crippen LogP contribution in [0, 0.1) is 0 Å². The van der Waals surface area contributed by atoms with Gasteiger partial charge in [0.05, 0.1) is 11.9 Å². The van der Waals surface area contributed by atoms with Crippen molar-refractivity contribution in [3.8, 4) is 0 Å². The number of hydrogen-bond acceptors (Lipinski definition) is 3. The Morgan fingerprint density at radius 1 is 1.26 bits per heavy atom. The molecule has 2 aromatic heterocycles. The zero-order valence-corrected chi connectivity index (χ0v) is 15.8. The van der Waals surface area contributed by atoms with Crippen LogP contribution in [0.2, 0.25) is 0 Å². The molecule has 0 aliphatic rings. The lowest BCUT2D eigenvalue weighted by atomic mass is 10.1. The van der Waals surface area contributed by atoms with Crippen molar-refractivity contribution < 1.29 is 0 Å². The van der Waals surface area contributed by atoms with E-state index in [2.05, 4.69) is 43.5 Å². The normalized spacial score (nSPS) is 13.7. The van der Waals surface area contributed by atoms with Crippen LogP contribution in [0.4, 0.5) is 5.69 Å². The maximum atomic E-state index is 4.63. The molecule has 0 aliphatic heterocycles. The number of hydrogen-bond donors (Lipinski definition) is 3. The highest BCUT2D eigenvalue weighted by molar-refractivity contribution is 6.45. The van der Waals surface area contributed by atoms with Gasteiger partial charge in [0, 0.05) is 46.9 Å². The van der Waals surface area contributed by atoms with Crippen LogP contribution in [-0.2, 0) is 0 Å². The van der Waals surface area contributed by atoms with Gasteiger partial charge in [-0.05, 0) is 50.1 Å². The van der Waals surface area contributed by atoms with E-state index in [0.717, 1.165) is 39.9 Å². The second-order valence-electron chi connectivity index (χ2n) is 6.07. The highest BCUT2D eigenvalue weighted by Gasteiger charge is 2.06. The molecule has 27 heavy (non-hydrogen) atoms. The zero-order valence-electron chi connectivity index (χ0n) is 15.8. The molecule has 3 aromatic rings. The van der Waals surface area contributed by atoms with Crippen LogP contribution in [0.5, 0.6) is 0 Å². The van der Waals surface area contributed by atoms with Gasteiger partial charge in [-0.25, -0.2) is 4.99 Å². The van der Waals surface area contributed by atoms with E-state index >= 15 is 0 Å². The smallest absolute Gasteiger partial charge is 0.151 e. The molecular formula is C21H24N6. The van der Waals surface area contributed by atoms with Crippen LogP contribution in [-0.4, -0.2) is 26.7 Å². The van der Waals surface area contributed by atoms with Crippen molar-refractivity contribution in [2.45, 2.75) is 27.2 Å². The van der Waals surface area contributed by atoms with E-state index in [1.165, 1.54) is 0 Å². The van der Waals surface area contributed by atoms with Crippen LogP contribution in [0.1, 0.15) is 32.8 Å². The number of benzene rings is 1. The first kappa shape index (κ1) is 18.4. The minimum atomic E-state index is 0.710. The molecule has 0 amide bonds. The summed E-state index contributed by atoms with van der Waals surface area (Å²) in [4.78, 5) is 12.3. The molecule has 0 aliphatic carbocycles. The molecule has 0 saturated carbocycles. The standard InChI is InChI=1S/C21H24N6/c1-4-9-23-21(27-19-6-7-20-17(11-19)8-10-22-20)15(3)24-12-16(5-2)18-13-25-26-14-18/h4,6-14,22H,5H2,1-3H3,(H,23,27)(H,25,26)/b9-4-,16-12+,24-15?. The van der Waals surface area contributed by atoms with Gasteiger partial charge in [-0.3, -0.25) is 10.1 Å². The van der Waals surface area contributed by atoms with Crippen molar-refractivity contribution in [1.82, 2.24) is 15.2 Å². The Balaban J connectivity index is 1.87. The summed E-state index contributed by atoms with van der Waals surface area (Å²) in [5.74, 6) is 0.710. The number of aromatic amines is 2. The van der Waals surface area contributed by atoms with Gasteiger partial charge in [-0.15, -0.1) is 0 Å². The van der Waals surface area contributed by atoms with Gasteiger partial charge in [0.1, 0.15) is 0 Å². The molecular weight excluding hydrogens is 336 g/mol. The molecule has 138 valence electrons. The van der Waals surface area contributed by atoms with Crippen LogP contribution in [0.3, 0.4) is 0 Å². The van der Waals surface area contributed by atoms with E-state index < -0.39 is 0 Å². The molecule has 0 radical (unpaired) electrons. The second kappa shape index (κ2) is 8.80. The summed E-state index contributed by atoms with van der Waals surface area (Å²) in [7, 11) is 0. The molecule has 2 heterocycles. The van der Waals surface area contributed by atoms with E-state index in [9.17, 15) is 0 Å². The van der Waals surface area contributed by atoms with Crippen LogP contribution < -0.4 is 5.32 Å². The Bertz CT molecular complexity index is 1000. The summed E-state index contributed by atoms with van der Waals surface area (Å²) in [5, 5.41) is 11.4. The summed E-state index contributed by atoms with van der Waals surface area (Å²) in [6.07, 6.45) is 12.0. The Morgan fingerprint density at radius 2 is 2.15 bits per heavy atom. The quantitative estimate of drug-likeness (QED) is 0.420. The topological polar surface area (TPSA) is 81.2 Å². The Hall–Kier alpha value is -3.41.